The first-order chi connectivity index (χ1) is 12.7. The molecule has 0 unspecified atom stereocenters. The van der Waals surface area contributed by atoms with Gasteiger partial charge in [0.05, 0.1) is 11.3 Å². The average molecular weight is 375 g/mol. The van der Waals surface area contributed by atoms with Gasteiger partial charge in [-0.3, -0.25) is 9.20 Å². The van der Waals surface area contributed by atoms with Gasteiger partial charge >= 0.3 is 6.18 Å². The lowest BCUT2D eigenvalue weighted by atomic mass is 10.1. The standard InChI is InChI=1S/C20H20F3N3O/c1-13(2)25(11-15-7-5-4-6-8-15)19(27)18-14(3)24-17-10-9-16(12-26(17)18)20(21,22)23/h4-10,12-13H,11H2,1-3H3. The number of fused-ring (bicyclic) bond motifs is 1. The van der Waals surface area contributed by atoms with Crippen LogP contribution in [0.4, 0.5) is 13.2 Å². The number of carbonyl (C=O) groups is 1. The summed E-state index contributed by atoms with van der Waals surface area (Å²) >= 11 is 0. The van der Waals surface area contributed by atoms with Gasteiger partial charge in [-0.1, -0.05) is 30.3 Å². The number of hydrogen-bond acceptors (Lipinski definition) is 2. The Balaban J connectivity index is 2.06. The Kier molecular flexibility index (Phi) is 4.95. The van der Waals surface area contributed by atoms with E-state index in [2.05, 4.69) is 4.98 Å². The number of hydrogen-bond donors (Lipinski definition) is 0. The third kappa shape index (κ3) is 3.82. The summed E-state index contributed by atoms with van der Waals surface area (Å²) in [6.45, 7) is 5.75. The normalized spacial score (nSPS) is 12.0. The van der Waals surface area contributed by atoms with Crippen molar-refractivity contribution in [2.45, 2.75) is 39.5 Å². The first-order valence-corrected chi connectivity index (χ1v) is 8.59. The average Bonchev–Trinajstić information content (AvgIpc) is 2.94. The fraction of sp³-hybridized carbons (Fsp3) is 0.300. The topological polar surface area (TPSA) is 37.6 Å². The zero-order valence-electron chi connectivity index (χ0n) is 15.3. The van der Waals surface area contributed by atoms with Crippen LogP contribution in [0.5, 0.6) is 0 Å². The predicted molar refractivity (Wildman–Crippen MR) is 96.4 cm³/mol. The Morgan fingerprint density at radius 3 is 2.41 bits per heavy atom. The molecule has 0 fully saturated rings. The van der Waals surface area contributed by atoms with Gasteiger partial charge in [-0.05, 0) is 38.5 Å². The smallest absolute Gasteiger partial charge is 0.331 e. The van der Waals surface area contributed by atoms with Crippen molar-refractivity contribution in [1.29, 1.82) is 0 Å². The van der Waals surface area contributed by atoms with Gasteiger partial charge in [0.25, 0.3) is 5.91 Å². The molecule has 1 amide bonds. The summed E-state index contributed by atoms with van der Waals surface area (Å²) in [4.78, 5) is 19.1. The van der Waals surface area contributed by atoms with Gasteiger partial charge in [0.15, 0.2) is 0 Å². The van der Waals surface area contributed by atoms with Crippen LogP contribution in [0, 0.1) is 6.92 Å². The van der Waals surface area contributed by atoms with E-state index in [0.717, 1.165) is 17.8 Å². The van der Waals surface area contributed by atoms with Crippen LogP contribution in [-0.4, -0.2) is 26.2 Å². The molecule has 27 heavy (non-hydrogen) atoms. The van der Waals surface area contributed by atoms with Crippen LogP contribution >= 0.6 is 0 Å². The van der Waals surface area contributed by atoms with Crippen molar-refractivity contribution < 1.29 is 18.0 Å². The Hall–Kier alpha value is -2.83. The van der Waals surface area contributed by atoms with Gasteiger partial charge in [0.1, 0.15) is 11.3 Å². The number of imidazole rings is 1. The molecule has 0 bridgehead atoms. The molecule has 0 atom stereocenters. The van der Waals surface area contributed by atoms with Crippen molar-refractivity contribution in [1.82, 2.24) is 14.3 Å². The van der Waals surface area contributed by atoms with Crippen LogP contribution in [-0.2, 0) is 12.7 Å². The summed E-state index contributed by atoms with van der Waals surface area (Å²) in [6, 6.07) is 11.6. The summed E-state index contributed by atoms with van der Waals surface area (Å²) in [5, 5.41) is 0. The molecule has 2 aromatic heterocycles. The van der Waals surface area contributed by atoms with E-state index in [1.54, 1.807) is 11.8 Å². The minimum atomic E-state index is -4.49. The molecule has 4 nitrogen and oxygen atoms in total. The number of nitrogens with zero attached hydrogens (tertiary/aromatic N) is 3. The van der Waals surface area contributed by atoms with Gasteiger partial charge in [-0.15, -0.1) is 0 Å². The number of aromatic nitrogens is 2. The van der Waals surface area contributed by atoms with Crippen molar-refractivity contribution in [3.8, 4) is 0 Å². The number of halogens is 3. The zero-order valence-corrected chi connectivity index (χ0v) is 15.3. The van der Waals surface area contributed by atoms with Gasteiger partial charge < -0.3 is 4.90 Å². The van der Waals surface area contributed by atoms with E-state index in [9.17, 15) is 18.0 Å². The van der Waals surface area contributed by atoms with Crippen molar-refractivity contribution in [3.05, 3.63) is 71.2 Å². The number of amides is 1. The number of aryl methyl sites for hydroxylation is 1. The zero-order chi connectivity index (χ0) is 19.8. The second kappa shape index (κ2) is 7.06. The lowest BCUT2D eigenvalue weighted by Gasteiger charge is -2.27. The molecular weight excluding hydrogens is 355 g/mol. The first-order valence-electron chi connectivity index (χ1n) is 8.59. The molecule has 0 aliphatic rings. The fourth-order valence-electron chi connectivity index (χ4n) is 2.99. The van der Waals surface area contributed by atoms with E-state index in [-0.39, 0.29) is 17.6 Å². The number of alkyl halides is 3. The van der Waals surface area contributed by atoms with Gasteiger partial charge in [0.2, 0.25) is 0 Å². The van der Waals surface area contributed by atoms with E-state index < -0.39 is 11.7 Å². The second-order valence-corrected chi connectivity index (χ2v) is 6.70. The fourth-order valence-corrected chi connectivity index (χ4v) is 2.99. The van der Waals surface area contributed by atoms with Gasteiger partial charge in [-0.2, -0.15) is 13.2 Å². The summed E-state index contributed by atoms with van der Waals surface area (Å²) in [7, 11) is 0. The molecule has 0 spiro atoms. The van der Waals surface area contributed by atoms with Crippen LogP contribution < -0.4 is 0 Å². The first kappa shape index (κ1) is 18.9. The molecule has 0 aliphatic carbocycles. The molecule has 3 rings (SSSR count). The largest absolute Gasteiger partial charge is 0.417 e. The van der Waals surface area contributed by atoms with E-state index in [0.29, 0.717) is 17.9 Å². The maximum absolute atomic E-state index is 13.2. The third-order valence-corrected chi connectivity index (χ3v) is 4.40. The van der Waals surface area contributed by atoms with Crippen molar-refractivity contribution in [2.24, 2.45) is 0 Å². The minimum absolute atomic E-state index is 0.131. The van der Waals surface area contributed by atoms with Crippen LogP contribution in [0.2, 0.25) is 0 Å². The van der Waals surface area contributed by atoms with E-state index in [1.165, 1.54) is 10.5 Å². The quantitative estimate of drug-likeness (QED) is 0.662. The third-order valence-electron chi connectivity index (χ3n) is 4.40. The molecule has 7 heteroatoms. The van der Waals surface area contributed by atoms with Crippen molar-refractivity contribution in [3.63, 3.8) is 0 Å². The van der Waals surface area contributed by atoms with Gasteiger partial charge in [0, 0.05) is 18.8 Å². The molecule has 142 valence electrons. The summed E-state index contributed by atoms with van der Waals surface area (Å²) in [6.07, 6.45) is -3.56. The van der Waals surface area contributed by atoms with E-state index in [4.69, 9.17) is 0 Å². The Morgan fingerprint density at radius 1 is 1.15 bits per heavy atom. The van der Waals surface area contributed by atoms with E-state index >= 15 is 0 Å². The molecular formula is C20H20F3N3O. The SMILES string of the molecule is Cc1nc2ccc(C(F)(F)F)cn2c1C(=O)N(Cc1ccccc1)C(C)C. The highest BCUT2D eigenvalue weighted by Crippen LogP contribution is 2.30. The van der Waals surface area contributed by atoms with Crippen LogP contribution in [0.3, 0.4) is 0 Å². The molecule has 0 saturated carbocycles. The summed E-state index contributed by atoms with van der Waals surface area (Å²) in [5.74, 6) is -0.349. The maximum atomic E-state index is 13.2. The second-order valence-electron chi connectivity index (χ2n) is 6.70. The molecule has 0 N–H and O–H groups in total. The Bertz CT molecular complexity index is 962. The van der Waals surface area contributed by atoms with E-state index in [1.807, 2.05) is 44.2 Å². The monoisotopic (exact) mass is 375 g/mol. The maximum Gasteiger partial charge on any atom is 0.417 e. The van der Waals surface area contributed by atoms with Crippen molar-refractivity contribution in [2.75, 3.05) is 0 Å². The molecule has 1 aromatic carbocycles. The highest BCUT2D eigenvalue weighted by Gasteiger charge is 2.32. The Morgan fingerprint density at radius 2 is 1.81 bits per heavy atom. The minimum Gasteiger partial charge on any atom is -0.331 e. The molecule has 2 heterocycles. The number of benzene rings is 1. The Labute approximate surface area is 155 Å². The molecule has 0 saturated heterocycles. The predicted octanol–water partition coefficient (Wildman–Crippen LogP) is 4.71. The lowest BCUT2D eigenvalue weighted by Crippen LogP contribution is -2.37. The summed E-state index contributed by atoms with van der Waals surface area (Å²) < 4.78 is 40.5. The highest BCUT2D eigenvalue weighted by molar-refractivity contribution is 5.95. The van der Waals surface area contributed by atoms with Crippen LogP contribution in [0.25, 0.3) is 5.65 Å². The number of rotatable bonds is 4. The van der Waals surface area contributed by atoms with Crippen molar-refractivity contribution >= 4 is 11.6 Å². The van der Waals surface area contributed by atoms with Crippen LogP contribution in [0.1, 0.15) is 41.2 Å². The highest BCUT2D eigenvalue weighted by atomic mass is 19.4. The lowest BCUT2D eigenvalue weighted by molar-refractivity contribution is -0.137. The van der Waals surface area contributed by atoms with Crippen LogP contribution in [0.15, 0.2) is 48.7 Å². The molecule has 3 aromatic rings. The molecule has 0 radical (unpaired) electrons. The van der Waals surface area contributed by atoms with Gasteiger partial charge in [-0.25, -0.2) is 4.98 Å². The summed E-state index contributed by atoms with van der Waals surface area (Å²) in [5.41, 5.74) is 0.994. The number of carbonyl (C=O) groups excluding carboxylic acids is 1. The molecule has 0 aliphatic heterocycles. The number of pyridine rings is 1.